The number of hydrogen-bond donors (Lipinski definition) is 2. The van der Waals surface area contributed by atoms with Gasteiger partial charge in [-0.25, -0.2) is 0 Å². The summed E-state index contributed by atoms with van der Waals surface area (Å²) in [7, 11) is 1.67. The van der Waals surface area contributed by atoms with Crippen molar-refractivity contribution in [3.8, 4) is 5.75 Å². The van der Waals surface area contributed by atoms with Crippen molar-refractivity contribution in [1.29, 1.82) is 0 Å². The van der Waals surface area contributed by atoms with Crippen molar-refractivity contribution in [1.82, 2.24) is 0 Å². The first kappa shape index (κ1) is 12.1. The maximum Gasteiger partial charge on any atom is 0.124 e. The number of anilines is 1. The number of hydrogen-bond acceptors (Lipinski definition) is 3. The lowest BCUT2D eigenvalue weighted by atomic mass is 10.1. The van der Waals surface area contributed by atoms with E-state index < -0.39 is 0 Å². The van der Waals surface area contributed by atoms with Crippen LogP contribution in [-0.4, -0.2) is 7.11 Å². The monoisotopic (exact) mass is 202 g/mol. The van der Waals surface area contributed by atoms with Gasteiger partial charge in [0, 0.05) is 5.69 Å². The van der Waals surface area contributed by atoms with Crippen LogP contribution in [-0.2, 0) is 0 Å². The Morgan fingerprint density at radius 1 is 1.23 bits per heavy atom. The molecule has 4 heteroatoms. The van der Waals surface area contributed by atoms with E-state index in [0.29, 0.717) is 0 Å². The Morgan fingerprint density at radius 3 is 2.00 bits per heavy atom. The smallest absolute Gasteiger partial charge is 0.124 e. The van der Waals surface area contributed by atoms with E-state index in [4.69, 9.17) is 10.6 Å². The summed E-state index contributed by atoms with van der Waals surface area (Å²) < 4.78 is 5.21. The van der Waals surface area contributed by atoms with E-state index in [1.165, 1.54) is 0 Å². The predicted octanol–water partition coefficient (Wildman–Crippen LogP) is 2.02. The van der Waals surface area contributed by atoms with Gasteiger partial charge in [0.1, 0.15) is 5.75 Å². The maximum atomic E-state index is 5.29. The van der Waals surface area contributed by atoms with E-state index in [-0.39, 0.29) is 12.4 Å². The van der Waals surface area contributed by atoms with Gasteiger partial charge in [0.25, 0.3) is 0 Å². The van der Waals surface area contributed by atoms with Gasteiger partial charge in [0.15, 0.2) is 0 Å². The fraction of sp³-hybridized carbons (Fsp3) is 0.333. The highest BCUT2D eigenvalue weighted by Crippen LogP contribution is 2.25. The van der Waals surface area contributed by atoms with E-state index in [0.717, 1.165) is 22.6 Å². The third-order valence-corrected chi connectivity index (χ3v) is 1.83. The molecule has 1 aromatic carbocycles. The molecule has 0 aliphatic rings. The van der Waals surface area contributed by atoms with Gasteiger partial charge >= 0.3 is 0 Å². The minimum absolute atomic E-state index is 0. The number of nitrogens with one attached hydrogen (secondary N) is 1. The molecule has 0 aromatic heterocycles. The molecule has 74 valence electrons. The average Bonchev–Trinajstić information content (AvgIpc) is 2.03. The number of rotatable bonds is 2. The molecular weight excluding hydrogens is 188 g/mol. The third-order valence-electron chi connectivity index (χ3n) is 1.83. The van der Waals surface area contributed by atoms with Crippen LogP contribution in [0.3, 0.4) is 0 Å². The predicted molar refractivity (Wildman–Crippen MR) is 57.5 cm³/mol. The SMILES string of the molecule is COc1c(C)cc(NN)cc1C.Cl. The standard InChI is InChI=1S/C9H14N2O.ClH/c1-6-4-8(11-10)5-7(2)9(6)12-3;/h4-5,11H,10H2,1-3H3;1H. The van der Waals surface area contributed by atoms with Crippen LogP contribution in [0.1, 0.15) is 11.1 Å². The summed E-state index contributed by atoms with van der Waals surface area (Å²) in [6.07, 6.45) is 0. The highest BCUT2D eigenvalue weighted by Gasteiger charge is 2.03. The molecule has 3 nitrogen and oxygen atoms in total. The normalized spacial score (nSPS) is 8.92. The molecule has 0 radical (unpaired) electrons. The number of hydrazine groups is 1. The summed E-state index contributed by atoms with van der Waals surface area (Å²) in [5.41, 5.74) is 5.69. The lowest BCUT2D eigenvalue weighted by Crippen LogP contribution is -2.07. The quantitative estimate of drug-likeness (QED) is 0.570. The summed E-state index contributed by atoms with van der Waals surface area (Å²) in [6, 6.07) is 3.90. The second-order valence-electron chi connectivity index (χ2n) is 2.79. The molecule has 0 unspecified atom stereocenters. The second-order valence-corrected chi connectivity index (χ2v) is 2.79. The number of ether oxygens (including phenoxy) is 1. The van der Waals surface area contributed by atoms with Crippen LogP contribution >= 0.6 is 12.4 Å². The Bertz CT molecular complexity index is 266. The van der Waals surface area contributed by atoms with Gasteiger partial charge in [-0.15, -0.1) is 12.4 Å². The lowest BCUT2D eigenvalue weighted by molar-refractivity contribution is 0.408. The van der Waals surface area contributed by atoms with Crippen molar-refractivity contribution >= 4 is 18.1 Å². The van der Waals surface area contributed by atoms with Crippen LogP contribution in [0, 0.1) is 13.8 Å². The summed E-state index contributed by atoms with van der Waals surface area (Å²) in [5, 5.41) is 0. The summed E-state index contributed by atoms with van der Waals surface area (Å²) in [5.74, 6) is 6.21. The van der Waals surface area contributed by atoms with Gasteiger partial charge in [-0.3, -0.25) is 5.84 Å². The van der Waals surface area contributed by atoms with Crippen molar-refractivity contribution in [3.63, 3.8) is 0 Å². The first-order chi connectivity index (χ1) is 5.69. The Morgan fingerprint density at radius 2 is 1.69 bits per heavy atom. The molecule has 1 aromatic rings. The number of benzene rings is 1. The molecule has 0 saturated carbocycles. The molecule has 0 heterocycles. The average molecular weight is 203 g/mol. The van der Waals surface area contributed by atoms with E-state index >= 15 is 0 Å². The van der Waals surface area contributed by atoms with Gasteiger partial charge in [-0.1, -0.05) is 0 Å². The fourth-order valence-corrected chi connectivity index (χ4v) is 1.36. The molecule has 0 fully saturated rings. The van der Waals surface area contributed by atoms with Gasteiger partial charge in [-0.05, 0) is 37.1 Å². The lowest BCUT2D eigenvalue weighted by Gasteiger charge is -2.10. The molecular formula is C9H15ClN2O. The molecule has 3 N–H and O–H groups in total. The first-order valence-electron chi connectivity index (χ1n) is 3.81. The van der Waals surface area contributed by atoms with E-state index in [9.17, 15) is 0 Å². The zero-order chi connectivity index (χ0) is 9.14. The molecule has 0 aliphatic carbocycles. The number of halogens is 1. The molecule has 0 spiro atoms. The maximum absolute atomic E-state index is 5.29. The van der Waals surface area contributed by atoms with Crippen LogP contribution in [0.15, 0.2) is 12.1 Å². The van der Waals surface area contributed by atoms with Gasteiger partial charge in [0.2, 0.25) is 0 Å². The van der Waals surface area contributed by atoms with Crippen LogP contribution in [0.4, 0.5) is 5.69 Å². The largest absolute Gasteiger partial charge is 0.496 e. The molecule has 0 saturated heterocycles. The molecule has 1 rings (SSSR count). The van der Waals surface area contributed by atoms with Crippen molar-refractivity contribution < 1.29 is 4.74 Å². The topological polar surface area (TPSA) is 47.3 Å². The Kier molecular flexibility index (Phi) is 4.59. The summed E-state index contributed by atoms with van der Waals surface area (Å²) in [6.45, 7) is 3.99. The Hall–Kier alpha value is -0.930. The van der Waals surface area contributed by atoms with Crippen LogP contribution in [0.2, 0.25) is 0 Å². The number of nitrogen functional groups attached to an aromatic ring is 1. The number of aryl methyl sites for hydroxylation is 2. The van der Waals surface area contributed by atoms with Crippen molar-refractivity contribution in [2.24, 2.45) is 5.84 Å². The minimum atomic E-state index is 0. The van der Waals surface area contributed by atoms with Crippen molar-refractivity contribution in [2.45, 2.75) is 13.8 Å². The highest BCUT2D eigenvalue weighted by molar-refractivity contribution is 5.85. The minimum Gasteiger partial charge on any atom is -0.496 e. The van der Waals surface area contributed by atoms with Crippen molar-refractivity contribution in [3.05, 3.63) is 23.3 Å². The summed E-state index contributed by atoms with van der Waals surface area (Å²) >= 11 is 0. The van der Waals surface area contributed by atoms with Crippen LogP contribution in [0.25, 0.3) is 0 Å². The number of nitrogens with two attached hydrogens (primary N) is 1. The molecule has 0 aliphatic heterocycles. The Labute approximate surface area is 84.7 Å². The summed E-state index contributed by atoms with van der Waals surface area (Å²) in [4.78, 5) is 0. The van der Waals surface area contributed by atoms with Crippen LogP contribution < -0.4 is 16.0 Å². The van der Waals surface area contributed by atoms with Crippen LogP contribution in [0.5, 0.6) is 5.75 Å². The fourth-order valence-electron chi connectivity index (χ4n) is 1.36. The highest BCUT2D eigenvalue weighted by atomic mass is 35.5. The Balaban J connectivity index is 0.00000144. The van der Waals surface area contributed by atoms with E-state index in [1.54, 1.807) is 7.11 Å². The first-order valence-corrected chi connectivity index (χ1v) is 3.81. The molecule has 13 heavy (non-hydrogen) atoms. The van der Waals surface area contributed by atoms with Gasteiger partial charge in [-0.2, -0.15) is 0 Å². The molecule has 0 atom stereocenters. The molecule has 0 amide bonds. The number of methoxy groups -OCH3 is 1. The van der Waals surface area contributed by atoms with E-state index in [2.05, 4.69) is 5.43 Å². The second kappa shape index (κ2) is 4.94. The molecule has 0 bridgehead atoms. The van der Waals surface area contributed by atoms with Gasteiger partial charge in [0.05, 0.1) is 7.11 Å². The van der Waals surface area contributed by atoms with E-state index in [1.807, 2.05) is 26.0 Å². The van der Waals surface area contributed by atoms with Crippen molar-refractivity contribution in [2.75, 3.05) is 12.5 Å². The van der Waals surface area contributed by atoms with Gasteiger partial charge < -0.3 is 10.2 Å². The zero-order valence-corrected chi connectivity index (χ0v) is 8.87. The third kappa shape index (κ3) is 2.50. The zero-order valence-electron chi connectivity index (χ0n) is 8.05.